The van der Waals surface area contributed by atoms with Gasteiger partial charge in [-0.1, -0.05) is 16.8 Å². The van der Waals surface area contributed by atoms with Gasteiger partial charge >= 0.3 is 6.18 Å². The lowest BCUT2D eigenvalue weighted by Crippen LogP contribution is -2.50. The van der Waals surface area contributed by atoms with Crippen LogP contribution in [0.25, 0.3) is 0 Å². The number of benzene rings is 1. The van der Waals surface area contributed by atoms with Gasteiger partial charge in [-0.15, -0.1) is 0 Å². The Bertz CT molecular complexity index is 1070. The number of aromatic nitrogens is 1. The van der Waals surface area contributed by atoms with Crippen LogP contribution in [0.4, 0.5) is 13.2 Å². The molecule has 1 saturated carbocycles. The summed E-state index contributed by atoms with van der Waals surface area (Å²) in [6, 6.07) is 4.10. The number of carbonyl (C=O) groups is 1. The summed E-state index contributed by atoms with van der Waals surface area (Å²) in [5.74, 6) is 0.610. The molecule has 2 fully saturated rings. The predicted octanol–water partition coefficient (Wildman–Crippen LogP) is 3.37. The second-order valence-corrected chi connectivity index (χ2v) is 9.57. The van der Waals surface area contributed by atoms with E-state index in [0.29, 0.717) is 17.7 Å². The molecule has 2 aromatic rings. The Morgan fingerprint density at radius 2 is 1.80 bits per heavy atom. The highest BCUT2D eigenvalue weighted by atomic mass is 35.5. The number of sulfonamides is 1. The molecule has 1 amide bonds. The van der Waals surface area contributed by atoms with E-state index in [4.69, 9.17) is 16.1 Å². The third-order valence-corrected chi connectivity index (χ3v) is 7.36. The molecule has 1 aliphatic carbocycles. The first-order valence-electron chi connectivity index (χ1n) is 9.20. The van der Waals surface area contributed by atoms with E-state index in [0.717, 1.165) is 29.3 Å². The third-order valence-electron chi connectivity index (χ3n) is 5.13. The van der Waals surface area contributed by atoms with Crippen LogP contribution in [-0.4, -0.2) is 54.9 Å². The topological polar surface area (TPSA) is 83.7 Å². The molecular weight excluding hydrogens is 447 g/mol. The smallest absolute Gasteiger partial charge is 0.360 e. The molecule has 162 valence electrons. The van der Waals surface area contributed by atoms with Crippen molar-refractivity contribution in [3.05, 3.63) is 46.3 Å². The second-order valence-electron chi connectivity index (χ2n) is 7.22. The van der Waals surface area contributed by atoms with Gasteiger partial charge in [0.25, 0.3) is 5.91 Å². The molecule has 4 rings (SSSR count). The molecule has 0 radical (unpaired) electrons. The first-order chi connectivity index (χ1) is 14.1. The largest absolute Gasteiger partial charge is 0.417 e. The zero-order valence-electron chi connectivity index (χ0n) is 15.5. The number of piperazine rings is 1. The Kier molecular flexibility index (Phi) is 5.31. The molecule has 0 unspecified atom stereocenters. The van der Waals surface area contributed by atoms with E-state index in [1.807, 2.05) is 0 Å². The van der Waals surface area contributed by atoms with Crippen molar-refractivity contribution in [3.8, 4) is 0 Å². The molecule has 0 N–H and O–H groups in total. The number of rotatable bonds is 4. The van der Waals surface area contributed by atoms with Crippen molar-refractivity contribution in [2.45, 2.75) is 29.8 Å². The molecule has 1 aromatic heterocycles. The van der Waals surface area contributed by atoms with E-state index in [1.165, 1.54) is 4.90 Å². The number of hydrogen-bond acceptors (Lipinski definition) is 5. The number of hydrogen-bond donors (Lipinski definition) is 0. The van der Waals surface area contributed by atoms with E-state index in [9.17, 15) is 26.4 Å². The average molecular weight is 464 g/mol. The second kappa shape index (κ2) is 7.54. The molecule has 0 spiro atoms. The van der Waals surface area contributed by atoms with Gasteiger partial charge in [-0.25, -0.2) is 8.42 Å². The summed E-state index contributed by atoms with van der Waals surface area (Å²) >= 11 is 5.57. The van der Waals surface area contributed by atoms with Gasteiger partial charge in [0.15, 0.2) is 5.69 Å². The van der Waals surface area contributed by atoms with Crippen LogP contribution >= 0.6 is 11.6 Å². The molecule has 1 aromatic carbocycles. The van der Waals surface area contributed by atoms with Crippen molar-refractivity contribution < 1.29 is 30.9 Å². The lowest BCUT2D eigenvalue weighted by molar-refractivity contribution is -0.137. The van der Waals surface area contributed by atoms with Crippen LogP contribution in [0.2, 0.25) is 5.02 Å². The third kappa shape index (κ3) is 4.06. The summed E-state index contributed by atoms with van der Waals surface area (Å²) in [4.78, 5) is 13.5. The van der Waals surface area contributed by atoms with Crippen molar-refractivity contribution >= 4 is 27.5 Å². The molecule has 7 nitrogen and oxygen atoms in total. The van der Waals surface area contributed by atoms with Gasteiger partial charge in [0, 0.05) is 38.2 Å². The fourth-order valence-corrected chi connectivity index (χ4v) is 4.95. The minimum atomic E-state index is -4.77. The van der Waals surface area contributed by atoms with Crippen LogP contribution in [0.1, 0.15) is 40.6 Å². The minimum Gasteiger partial charge on any atom is -0.360 e. The maximum Gasteiger partial charge on any atom is 0.417 e. The standard InChI is InChI=1S/C18H17ClF3N3O4S/c19-14-4-3-12(9-13(14)18(20,21)22)30(27,28)25-7-5-24(6-8-25)17(26)15-10-16(29-23-15)11-1-2-11/h3-4,9-11H,1-2,5-8H2. The maximum absolute atomic E-state index is 13.1. The van der Waals surface area contributed by atoms with Gasteiger partial charge < -0.3 is 9.42 Å². The summed E-state index contributed by atoms with van der Waals surface area (Å²) in [5.41, 5.74) is -1.04. The van der Waals surface area contributed by atoms with Crippen LogP contribution in [0.3, 0.4) is 0 Å². The molecule has 2 aliphatic rings. The van der Waals surface area contributed by atoms with E-state index in [2.05, 4.69) is 5.16 Å². The number of carbonyl (C=O) groups excluding carboxylic acids is 1. The van der Waals surface area contributed by atoms with Crippen LogP contribution in [0.5, 0.6) is 0 Å². The Morgan fingerprint density at radius 3 is 2.40 bits per heavy atom. The first kappa shape index (κ1) is 21.1. The Labute approximate surface area is 175 Å². The lowest BCUT2D eigenvalue weighted by atomic mass is 10.2. The van der Waals surface area contributed by atoms with Gasteiger partial charge in [0.1, 0.15) is 5.76 Å². The van der Waals surface area contributed by atoms with Crippen molar-refractivity contribution in [1.82, 2.24) is 14.4 Å². The van der Waals surface area contributed by atoms with Gasteiger partial charge in [-0.05, 0) is 31.0 Å². The van der Waals surface area contributed by atoms with Crippen molar-refractivity contribution in [2.75, 3.05) is 26.2 Å². The van der Waals surface area contributed by atoms with Crippen molar-refractivity contribution in [2.24, 2.45) is 0 Å². The van der Waals surface area contributed by atoms with E-state index in [-0.39, 0.29) is 37.8 Å². The van der Waals surface area contributed by atoms with Crippen molar-refractivity contribution in [1.29, 1.82) is 0 Å². The van der Waals surface area contributed by atoms with Crippen LogP contribution in [0.15, 0.2) is 33.7 Å². The predicted molar refractivity (Wildman–Crippen MR) is 99.6 cm³/mol. The van der Waals surface area contributed by atoms with Gasteiger partial charge in [0.2, 0.25) is 10.0 Å². The number of amides is 1. The van der Waals surface area contributed by atoms with E-state index < -0.39 is 31.7 Å². The molecule has 12 heteroatoms. The van der Waals surface area contributed by atoms with Crippen molar-refractivity contribution in [3.63, 3.8) is 0 Å². The summed E-state index contributed by atoms with van der Waals surface area (Å²) in [5, 5.41) is 3.22. The average Bonchev–Trinajstić information content (AvgIpc) is 3.43. The molecule has 1 aliphatic heterocycles. The van der Waals surface area contributed by atoms with E-state index >= 15 is 0 Å². The van der Waals surface area contributed by atoms with Crippen LogP contribution in [0, 0.1) is 0 Å². The van der Waals surface area contributed by atoms with Gasteiger partial charge in [0.05, 0.1) is 15.5 Å². The Balaban J connectivity index is 1.46. The highest BCUT2D eigenvalue weighted by Crippen LogP contribution is 2.40. The molecule has 2 heterocycles. The number of nitrogens with zero attached hydrogens (tertiary/aromatic N) is 3. The fraction of sp³-hybridized carbons (Fsp3) is 0.444. The highest BCUT2D eigenvalue weighted by molar-refractivity contribution is 7.89. The van der Waals surface area contributed by atoms with Gasteiger partial charge in [-0.2, -0.15) is 17.5 Å². The maximum atomic E-state index is 13.1. The number of alkyl halides is 3. The summed E-state index contributed by atoms with van der Waals surface area (Å²) in [6.07, 6.45) is -2.77. The highest BCUT2D eigenvalue weighted by Gasteiger charge is 2.37. The molecule has 0 bridgehead atoms. The molecule has 30 heavy (non-hydrogen) atoms. The first-order valence-corrected chi connectivity index (χ1v) is 11.0. The van der Waals surface area contributed by atoms with Crippen LogP contribution in [-0.2, 0) is 16.2 Å². The fourth-order valence-electron chi connectivity index (χ4n) is 3.28. The zero-order valence-corrected chi connectivity index (χ0v) is 17.1. The summed E-state index contributed by atoms with van der Waals surface area (Å²) < 4.78 is 71.0. The Morgan fingerprint density at radius 1 is 1.13 bits per heavy atom. The van der Waals surface area contributed by atoms with Crippen LogP contribution < -0.4 is 0 Å². The minimum absolute atomic E-state index is 0.0502. The molecular formula is C18H17ClF3N3O4S. The monoisotopic (exact) mass is 463 g/mol. The van der Waals surface area contributed by atoms with E-state index in [1.54, 1.807) is 6.07 Å². The molecule has 1 saturated heterocycles. The summed E-state index contributed by atoms with van der Waals surface area (Å²) in [7, 11) is -4.17. The zero-order chi connectivity index (χ0) is 21.7. The molecule has 0 atom stereocenters. The Hall–Kier alpha value is -2.11. The quantitative estimate of drug-likeness (QED) is 0.694. The number of halogens is 4. The van der Waals surface area contributed by atoms with Gasteiger partial charge in [-0.3, -0.25) is 4.79 Å². The lowest BCUT2D eigenvalue weighted by Gasteiger charge is -2.33. The normalized spacial score (nSPS) is 18.6. The SMILES string of the molecule is O=C(c1cc(C2CC2)on1)N1CCN(S(=O)(=O)c2ccc(Cl)c(C(F)(F)F)c2)CC1. The summed E-state index contributed by atoms with van der Waals surface area (Å²) in [6.45, 7) is 0.0730.